The van der Waals surface area contributed by atoms with Gasteiger partial charge in [-0.05, 0) is 49.3 Å². The number of carbonyl (C=O) groups is 2. The molecule has 2 rings (SSSR count). The normalized spacial score (nSPS) is 14.3. The molecule has 0 heterocycles. The fourth-order valence-electron chi connectivity index (χ4n) is 2.37. The van der Waals surface area contributed by atoms with Crippen molar-refractivity contribution in [2.24, 2.45) is 5.92 Å². The van der Waals surface area contributed by atoms with Crippen molar-refractivity contribution in [3.63, 3.8) is 0 Å². The van der Waals surface area contributed by atoms with Gasteiger partial charge in [0.25, 0.3) is 5.91 Å². The third kappa shape index (κ3) is 6.12. The molecule has 1 aliphatic rings. The quantitative estimate of drug-likeness (QED) is 0.281. The Hall–Kier alpha value is -2.21. The van der Waals surface area contributed by atoms with E-state index in [4.69, 9.17) is 5.21 Å². The zero-order chi connectivity index (χ0) is 17.4. The lowest BCUT2D eigenvalue weighted by Gasteiger charge is -2.10. The van der Waals surface area contributed by atoms with Crippen molar-refractivity contribution in [1.29, 1.82) is 0 Å². The molecule has 1 aliphatic carbocycles. The van der Waals surface area contributed by atoms with Gasteiger partial charge < -0.3 is 5.32 Å². The Kier molecular flexibility index (Phi) is 6.93. The van der Waals surface area contributed by atoms with Crippen molar-refractivity contribution < 1.29 is 19.2 Å². The molecule has 0 radical (unpaired) electrons. The predicted octanol–water partition coefficient (Wildman–Crippen LogP) is 2.80. The van der Waals surface area contributed by atoms with Crippen molar-refractivity contribution >= 4 is 17.4 Å². The summed E-state index contributed by atoms with van der Waals surface area (Å²) in [4.78, 5) is 23.3. The summed E-state index contributed by atoms with van der Waals surface area (Å²) in [6, 6.07) is 5.96. The summed E-state index contributed by atoms with van der Waals surface area (Å²) in [5, 5.41) is 11.3. The van der Waals surface area contributed by atoms with Gasteiger partial charge in [0.05, 0.1) is 0 Å². The molecule has 0 bridgehead atoms. The van der Waals surface area contributed by atoms with Crippen LogP contribution in [0.25, 0.3) is 5.57 Å². The zero-order valence-corrected chi connectivity index (χ0v) is 13.6. The lowest BCUT2D eigenvalue weighted by Crippen LogP contribution is -2.25. The van der Waals surface area contributed by atoms with Crippen LogP contribution in [0.5, 0.6) is 0 Å². The van der Waals surface area contributed by atoms with E-state index in [9.17, 15) is 14.0 Å². The van der Waals surface area contributed by atoms with Gasteiger partial charge >= 0.3 is 0 Å². The minimum absolute atomic E-state index is 0.151. The second kappa shape index (κ2) is 9.17. The number of nitrogens with one attached hydrogen (secondary N) is 2. The van der Waals surface area contributed by atoms with E-state index in [1.807, 2.05) is 6.08 Å². The number of hydrogen-bond donors (Lipinski definition) is 3. The molecule has 24 heavy (non-hydrogen) atoms. The first-order valence-corrected chi connectivity index (χ1v) is 8.29. The summed E-state index contributed by atoms with van der Waals surface area (Å²) >= 11 is 0. The molecule has 0 spiro atoms. The highest BCUT2D eigenvalue weighted by Crippen LogP contribution is 2.33. The van der Waals surface area contributed by atoms with Crippen LogP contribution in [-0.4, -0.2) is 23.6 Å². The maximum absolute atomic E-state index is 13.1. The van der Waals surface area contributed by atoms with Crippen molar-refractivity contribution in [2.45, 2.75) is 38.5 Å². The molecule has 1 saturated carbocycles. The van der Waals surface area contributed by atoms with E-state index in [0.717, 1.165) is 31.2 Å². The van der Waals surface area contributed by atoms with E-state index in [2.05, 4.69) is 5.32 Å². The monoisotopic (exact) mass is 334 g/mol. The number of benzene rings is 1. The number of unbranched alkanes of at least 4 members (excludes halogenated alkanes) is 2. The molecule has 1 aromatic rings. The first kappa shape index (κ1) is 18.1. The Morgan fingerprint density at radius 1 is 1.17 bits per heavy atom. The van der Waals surface area contributed by atoms with Gasteiger partial charge in [0, 0.05) is 18.5 Å². The van der Waals surface area contributed by atoms with Gasteiger partial charge in [-0.25, -0.2) is 9.87 Å². The number of hydrogen-bond acceptors (Lipinski definition) is 3. The van der Waals surface area contributed by atoms with Crippen LogP contribution >= 0.6 is 0 Å². The fourth-order valence-corrected chi connectivity index (χ4v) is 2.37. The molecule has 0 saturated heterocycles. The lowest BCUT2D eigenvalue weighted by atomic mass is 10.0. The molecular formula is C18H23FN2O3. The number of halogens is 1. The fraction of sp³-hybridized carbons (Fsp3) is 0.444. The molecule has 130 valence electrons. The molecule has 0 atom stereocenters. The van der Waals surface area contributed by atoms with Crippen LogP contribution in [0.4, 0.5) is 4.39 Å². The maximum atomic E-state index is 13.1. The Bertz CT molecular complexity index is 595. The van der Waals surface area contributed by atoms with Gasteiger partial charge in [-0.2, -0.15) is 0 Å². The lowest BCUT2D eigenvalue weighted by molar-refractivity contribution is -0.129. The van der Waals surface area contributed by atoms with Crippen molar-refractivity contribution in [1.82, 2.24) is 10.8 Å². The second-order valence-corrected chi connectivity index (χ2v) is 6.03. The summed E-state index contributed by atoms with van der Waals surface area (Å²) in [7, 11) is 0. The Morgan fingerprint density at radius 2 is 1.88 bits per heavy atom. The van der Waals surface area contributed by atoms with Gasteiger partial charge in [-0.1, -0.05) is 24.6 Å². The predicted molar refractivity (Wildman–Crippen MR) is 88.5 cm³/mol. The van der Waals surface area contributed by atoms with Crippen LogP contribution in [0.1, 0.15) is 44.1 Å². The summed E-state index contributed by atoms with van der Waals surface area (Å²) in [5.41, 5.74) is 2.91. The van der Waals surface area contributed by atoms with E-state index < -0.39 is 5.91 Å². The van der Waals surface area contributed by atoms with Gasteiger partial charge in [-0.15, -0.1) is 0 Å². The second-order valence-electron chi connectivity index (χ2n) is 6.03. The van der Waals surface area contributed by atoms with E-state index >= 15 is 0 Å². The average molecular weight is 334 g/mol. The SMILES string of the molecule is O=C(CCCCCNC(=O)/C(=C/C1CC1)c1ccc(F)cc1)NO. The minimum Gasteiger partial charge on any atom is -0.352 e. The standard InChI is InChI=1S/C18H23FN2O3/c19-15-9-7-14(8-10-15)16(12-13-5-6-13)18(23)20-11-3-1-2-4-17(22)21-24/h7-10,12-13,24H,1-6,11H2,(H,20,23)(H,21,22)/b16-12+. The van der Waals surface area contributed by atoms with Gasteiger partial charge in [-0.3, -0.25) is 14.8 Å². The van der Waals surface area contributed by atoms with E-state index in [-0.39, 0.29) is 18.1 Å². The van der Waals surface area contributed by atoms with Crippen molar-refractivity contribution in [2.75, 3.05) is 6.54 Å². The van der Waals surface area contributed by atoms with Crippen LogP contribution in [0.15, 0.2) is 30.3 Å². The first-order chi connectivity index (χ1) is 11.6. The average Bonchev–Trinajstić information content (AvgIpc) is 3.40. The van der Waals surface area contributed by atoms with E-state index in [0.29, 0.717) is 24.5 Å². The highest BCUT2D eigenvalue weighted by atomic mass is 19.1. The molecule has 3 N–H and O–H groups in total. The molecule has 0 aliphatic heterocycles. The molecule has 5 nitrogen and oxygen atoms in total. The number of amides is 2. The molecule has 0 unspecified atom stereocenters. The highest BCUT2D eigenvalue weighted by molar-refractivity contribution is 6.19. The van der Waals surface area contributed by atoms with Gasteiger partial charge in [0.2, 0.25) is 5.91 Å². The Labute approximate surface area is 140 Å². The first-order valence-electron chi connectivity index (χ1n) is 8.29. The van der Waals surface area contributed by atoms with Crippen LogP contribution < -0.4 is 10.8 Å². The molecule has 1 fully saturated rings. The van der Waals surface area contributed by atoms with Crippen LogP contribution in [0.3, 0.4) is 0 Å². The Balaban J connectivity index is 1.81. The van der Waals surface area contributed by atoms with Crippen molar-refractivity contribution in [3.05, 3.63) is 41.7 Å². The Morgan fingerprint density at radius 3 is 2.50 bits per heavy atom. The molecule has 1 aromatic carbocycles. The largest absolute Gasteiger partial charge is 0.352 e. The number of rotatable bonds is 9. The van der Waals surface area contributed by atoms with Crippen LogP contribution in [0.2, 0.25) is 0 Å². The maximum Gasteiger partial charge on any atom is 0.251 e. The smallest absolute Gasteiger partial charge is 0.251 e. The third-order valence-corrected chi connectivity index (χ3v) is 3.92. The summed E-state index contributed by atoms with van der Waals surface area (Å²) < 4.78 is 13.1. The van der Waals surface area contributed by atoms with Crippen LogP contribution in [-0.2, 0) is 9.59 Å². The van der Waals surface area contributed by atoms with E-state index in [1.165, 1.54) is 12.1 Å². The highest BCUT2D eigenvalue weighted by Gasteiger charge is 2.22. The molecule has 0 aromatic heterocycles. The molecular weight excluding hydrogens is 311 g/mol. The van der Waals surface area contributed by atoms with Gasteiger partial charge in [0.15, 0.2) is 0 Å². The molecule has 6 heteroatoms. The third-order valence-electron chi connectivity index (χ3n) is 3.92. The van der Waals surface area contributed by atoms with E-state index in [1.54, 1.807) is 17.6 Å². The number of carbonyl (C=O) groups excluding carboxylic acids is 2. The summed E-state index contributed by atoms with van der Waals surface area (Å²) in [6.45, 7) is 0.517. The summed E-state index contributed by atoms with van der Waals surface area (Å²) in [5.74, 6) is -0.434. The molecule has 2 amide bonds. The number of allylic oxidation sites excluding steroid dienone is 1. The van der Waals surface area contributed by atoms with Gasteiger partial charge in [0.1, 0.15) is 5.82 Å². The van der Waals surface area contributed by atoms with Crippen LogP contribution in [0, 0.1) is 11.7 Å². The van der Waals surface area contributed by atoms with Crippen molar-refractivity contribution in [3.8, 4) is 0 Å². The topological polar surface area (TPSA) is 78.4 Å². The minimum atomic E-state index is -0.398. The number of hydroxylamine groups is 1. The summed E-state index contributed by atoms with van der Waals surface area (Å²) in [6.07, 6.45) is 6.61. The zero-order valence-electron chi connectivity index (χ0n) is 13.6.